The summed E-state index contributed by atoms with van der Waals surface area (Å²) in [6.07, 6.45) is 3.23. The minimum Gasteiger partial charge on any atom is -0.496 e. The maximum atomic E-state index is 5.47. The van der Waals surface area contributed by atoms with Gasteiger partial charge in [0.25, 0.3) is 0 Å². The molecule has 0 aromatic heterocycles. The molecule has 1 saturated heterocycles. The van der Waals surface area contributed by atoms with Crippen LogP contribution < -0.4 is 15.4 Å². The van der Waals surface area contributed by atoms with E-state index in [4.69, 9.17) is 9.73 Å². The largest absolute Gasteiger partial charge is 0.496 e. The first-order valence-electron chi connectivity index (χ1n) is 9.95. The molecule has 1 aliphatic heterocycles. The van der Waals surface area contributed by atoms with E-state index < -0.39 is 0 Å². The van der Waals surface area contributed by atoms with Crippen LogP contribution in [0.5, 0.6) is 5.75 Å². The highest BCUT2D eigenvalue weighted by Crippen LogP contribution is 2.20. The number of piperidine rings is 1. The Kier molecular flexibility index (Phi) is 11.1. The summed E-state index contributed by atoms with van der Waals surface area (Å²) in [7, 11) is 1.73. The van der Waals surface area contributed by atoms with Crippen molar-refractivity contribution in [2.24, 2.45) is 4.99 Å². The lowest BCUT2D eigenvalue weighted by Gasteiger charge is -2.35. The summed E-state index contributed by atoms with van der Waals surface area (Å²) in [4.78, 5) is 7.34. The standard InChI is InChI=1S/C21H36N4O.HI/c1-6-22-21(24-19-10-13-25(14-11-19)16(2)3)23-12-9-18-15-17(4)7-8-20(18)26-5;/h7-8,15-16,19H,6,9-14H2,1-5H3,(H2,22,23,24);1H. The Morgan fingerprint density at radius 3 is 2.59 bits per heavy atom. The number of rotatable bonds is 7. The Bertz CT molecular complexity index is 584. The molecule has 5 nitrogen and oxygen atoms in total. The fourth-order valence-corrected chi connectivity index (χ4v) is 3.46. The van der Waals surface area contributed by atoms with Crippen LogP contribution in [0.2, 0.25) is 0 Å². The van der Waals surface area contributed by atoms with Gasteiger partial charge >= 0.3 is 0 Å². The number of nitrogens with one attached hydrogen (secondary N) is 2. The van der Waals surface area contributed by atoms with Crippen LogP contribution in [0.3, 0.4) is 0 Å². The lowest BCUT2D eigenvalue weighted by molar-refractivity contribution is 0.167. The molecule has 1 heterocycles. The van der Waals surface area contributed by atoms with Gasteiger partial charge in [0, 0.05) is 38.3 Å². The molecule has 6 heteroatoms. The van der Waals surface area contributed by atoms with Gasteiger partial charge in [-0.25, -0.2) is 0 Å². The van der Waals surface area contributed by atoms with Crippen LogP contribution in [0.25, 0.3) is 0 Å². The molecule has 0 spiro atoms. The predicted octanol–water partition coefficient (Wildman–Crippen LogP) is 3.59. The van der Waals surface area contributed by atoms with Gasteiger partial charge in [-0.3, -0.25) is 4.99 Å². The molecule has 0 atom stereocenters. The molecule has 1 aromatic rings. The third-order valence-electron chi connectivity index (χ3n) is 5.03. The molecule has 27 heavy (non-hydrogen) atoms. The van der Waals surface area contributed by atoms with Gasteiger partial charge in [0.1, 0.15) is 5.75 Å². The summed E-state index contributed by atoms with van der Waals surface area (Å²) in [5.74, 6) is 1.88. The lowest BCUT2D eigenvalue weighted by atomic mass is 10.0. The molecule has 1 aliphatic rings. The van der Waals surface area contributed by atoms with Crippen LogP contribution in [0, 0.1) is 6.92 Å². The van der Waals surface area contributed by atoms with E-state index in [1.54, 1.807) is 7.11 Å². The number of halogens is 1. The van der Waals surface area contributed by atoms with Crippen molar-refractivity contribution in [3.63, 3.8) is 0 Å². The molecule has 0 radical (unpaired) electrons. The molecule has 0 bridgehead atoms. The Morgan fingerprint density at radius 2 is 2.00 bits per heavy atom. The van der Waals surface area contributed by atoms with Crippen LogP contribution in [0.15, 0.2) is 23.2 Å². The Labute approximate surface area is 182 Å². The van der Waals surface area contributed by atoms with Gasteiger partial charge in [-0.2, -0.15) is 0 Å². The quantitative estimate of drug-likeness (QED) is 0.350. The maximum absolute atomic E-state index is 5.47. The minimum atomic E-state index is 0. The van der Waals surface area contributed by atoms with E-state index in [9.17, 15) is 0 Å². The van der Waals surface area contributed by atoms with E-state index in [1.165, 1.54) is 24.0 Å². The Morgan fingerprint density at radius 1 is 1.30 bits per heavy atom. The fourth-order valence-electron chi connectivity index (χ4n) is 3.46. The number of benzene rings is 1. The number of guanidine groups is 1. The first kappa shape index (κ1) is 24.0. The van der Waals surface area contributed by atoms with Gasteiger partial charge in [-0.05, 0) is 58.6 Å². The van der Waals surface area contributed by atoms with Gasteiger partial charge in [0.15, 0.2) is 5.96 Å². The zero-order valence-electron chi connectivity index (χ0n) is 17.5. The highest BCUT2D eigenvalue weighted by atomic mass is 127. The third kappa shape index (κ3) is 7.86. The van der Waals surface area contributed by atoms with Gasteiger partial charge in [0.2, 0.25) is 0 Å². The lowest BCUT2D eigenvalue weighted by Crippen LogP contribution is -2.49. The minimum absolute atomic E-state index is 0. The number of ether oxygens (including phenoxy) is 1. The van der Waals surface area contributed by atoms with Crippen LogP contribution in [0.1, 0.15) is 44.7 Å². The summed E-state index contributed by atoms with van der Waals surface area (Å²) in [6, 6.07) is 7.47. The molecule has 0 amide bonds. The second kappa shape index (κ2) is 12.4. The first-order valence-corrected chi connectivity index (χ1v) is 9.95. The number of aliphatic imine (C=N–C) groups is 1. The number of hydrogen-bond acceptors (Lipinski definition) is 3. The number of aryl methyl sites for hydroxylation is 1. The monoisotopic (exact) mass is 488 g/mol. The van der Waals surface area contributed by atoms with Crippen LogP contribution >= 0.6 is 24.0 Å². The van der Waals surface area contributed by atoms with Crippen molar-refractivity contribution in [1.29, 1.82) is 0 Å². The Balaban J connectivity index is 0.00000364. The van der Waals surface area contributed by atoms with Crippen molar-refractivity contribution in [1.82, 2.24) is 15.5 Å². The average molecular weight is 488 g/mol. The molecule has 2 N–H and O–H groups in total. The second-order valence-corrected chi connectivity index (χ2v) is 7.37. The molecule has 154 valence electrons. The van der Waals surface area contributed by atoms with Crippen LogP contribution in [-0.4, -0.2) is 56.2 Å². The zero-order chi connectivity index (χ0) is 18.9. The summed E-state index contributed by atoms with van der Waals surface area (Å²) in [5, 5.41) is 7.01. The molecular weight excluding hydrogens is 451 g/mol. The average Bonchev–Trinajstić information content (AvgIpc) is 2.62. The molecule has 0 unspecified atom stereocenters. The van der Waals surface area contributed by atoms with Crippen LogP contribution in [-0.2, 0) is 6.42 Å². The van der Waals surface area contributed by atoms with Crippen LogP contribution in [0.4, 0.5) is 0 Å². The highest BCUT2D eigenvalue weighted by Gasteiger charge is 2.21. The normalized spacial score (nSPS) is 16.1. The van der Waals surface area contributed by atoms with E-state index in [1.807, 2.05) is 6.07 Å². The highest BCUT2D eigenvalue weighted by molar-refractivity contribution is 14.0. The van der Waals surface area contributed by atoms with Crippen molar-refractivity contribution in [2.45, 2.75) is 59.0 Å². The van der Waals surface area contributed by atoms with Crippen molar-refractivity contribution >= 4 is 29.9 Å². The zero-order valence-corrected chi connectivity index (χ0v) is 19.9. The molecule has 0 aliphatic carbocycles. The van der Waals surface area contributed by atoms with E-state index in [0.717, 1.165) is 44.3 Å². The second-order valence-electron chi connectivity index (χ2n) is 7.37. The molecular formula is C21H37IN4O. The van der Waals surface area contributed by atoms with Crippen molar-refractivity contribution in [2.75, 3.05) is 33.3 Å². The summed E-state index contributed by atoms with van der Waals surface area (Å²) in [5.41, 5.74) is 2.48. The summed E-state index contributed by atoms with van der Waals surface area (Å²) < 4.78 is 5.47. The van der Waals surface area contributed by atoms with Gasteiger partial charge < -0.3 is 20.3 Å². The van der Waals surface area contributed by atoms with Crippen molar-refractivity contribution < 1.29 is 4.74 Å². The van der Waals surface area contributed by atoms with E-state index in [-0.39, 0.29) is 24.0 Å². The van der Waals surface area contributed by atoms with E-state index in [2.05, 4.69) is 55.4 Å². The predicted molar refractivity (Wildman–Crippen MR) is 126 cm³/mol. The molecule has 1 aromatic carbocycles. The molecule has 2 rings (SSSR count). The van der Waals surface area contributed by atoms with Gasteiger partial charge in [0.05, 0.1) is 7.11 Å². The third-order valence-corrected chi connectivity index (χ3v) is 5.03. The molecule has 0 saturated carbocycles. The number of likely N-dealkylation sites (tertiary alicyclic amines) is 1. The summed E-state index contributed by atoms with van der Waals surface area (Å²) in [6.45, 7) is 12.7. The van der Waals surface area contributed by atoms with Crippen molar-refractivity contribution in [3.8, 4) is 5.75 Å². The number of methoxy groups -OCH3 is 1. The SMILES string of the molecule is CCNC(=NCCc1cc(C)ccc1OC)NC1CCN(C(C)C)CC1.I. The summed E-state index contributed by atoms with van der Waals surface area (Å²) >= 11 is 0. The number of nitrogens with zero attached hydrogens (tertiary/aromatic N) is 2. The van der Waals surface area contributed by atoms with E-state index in [0.29, 0.717) is 12.1 Å². The Hall–Kier alpha value is -1.02. The first-order chi connectivity index (χ1) is 12.5. The van der Waals surface area contributed by atoms with Gasteiger partial charge in [-0.1, -0.05) is 17.7 Å². The fraction of sp³-hybridized carbons (Fsp3) is 0.667. The topological polar surface area (TPSA) is 48.9 Å². The number of hydrogen-bond donors (Lipinski definition) is 2. The van der Waals surface area contributed by atoms with Crippen molar-refractivity contribution in [3.05, 3.63) is 29.3 Å². The molecule has 1 fully saturated rings. The van der Waals surface area contributed by atoms with E-state index >= 15 is 0 Å². The maximum Gasteiger partial charge on any atom is 0.191 e. The van der Waals surface area contributed by atoms with Gasteiger partial charge in [-0.15, -0.1) is 24.0 Å². The smallest absolute Gasteiger partial charge is 0.191 e.